The molecule has 0 amide bonds. The molecule has 2 aromatic heterocycles. The summed E-state index contributed by atoms with van der Waals surface area (Å²) in [4.78, 5) is 19.8. The Balaban J connectivity index is 1.12. The van der Waals surface area contributed by atoms with E-state index in [1.54, 1.807) is 0 Å². The Morgan fingerprint density at radius 1 is 0.340 bits per heavy atom. The predicted molar refractivity (Wildman–Crippen MR) is 197 cm³/mol. The van der Waals surface area contributed by atoms with Crippen LogP contribution in [0.4, 0.5) is 0 Å². The Bertz CT molecular complexity index is 2480. The summed E-state index contributed by atoms with van der Waals surface area (Å²) in [5.74, 6) is 3.39. The summed E-state index contributed by atoms with van der Waals surface area (Å²) in [7, 11) is 0. The van der Waals surface area contributed by atoms with Gasteiger partial charge in [0, 0.05) is 27.8 Å². The lowest BCUT2D eigenvalue weighted by atomic mass is 9.66. The van der Waals surface area contributed by atoms with Gasteiger partial charge >= 0.3 is 0 Å². The maximum atomic E-state index is 6.74. The van der Waals surface area contributed by atoms with E-state index < -0.39 is 5.41 Å². The third-order valence-corrected chi connectivity index (χ3v) is 9.82. The second-order valence-electron chi connectivity index (χ2n) is 12.6. The molecule has 234 valence electrons. The van der Waals surface area contributed by atoms with Crippen LogP contribution in [0.3, 0.4) is 0 Å². The van der Waals surface area contributed by atoms with Crippen molar-refractivity contribution in [2.45, 2.75) is 5.41 Å². The van der Waals surface area contributed by atoms with Crippen LogP contribution in [0.5, 0.6) is 11.5 Å². The van der Waals surface area contributed by atoms with E-state index in [9.17, 15) is 0 Å². The van der Waals surface area contributed by atoms with Gasteiger partial charge in [-0.1, -0.05) is 146 Å². The Labute approximate surface area is 289 Å². The fourth-order valence-corrected chi connectivity index (χ4v) is 7.66. The summed E-state index contributed by atoms with van der Waals surface area (Å²) in [5, 5.41) is 0. The van der Waals surface area contributed by atoms with Crippen molar-refractivity contribution in [3.05, 3.63) is 192 Å². The van der Waals surface area contributed by atoms with Crippen LogP contribution in [-0.4, -0.2) is 19.9 Å². The second kappa shape index (κ2) is 11.2. The molecule has 0 radical (unpaired) electrons. The van der Waals surface area contributed by atoms with E-state index in [2.05, 4.69) is 84.9 Å². The first kappa shape index (κ1) is 28.3. The quantitative estimate of drug-likeness (QED) is 0.192. The Kier molecular flexibility index (Phi) is 6.33. The number of nitrogens with zero attached hydrogens (tertiary/aromatic N) is 4. The Morgan fingerprint density at radius 3 is 1.52 bits per heavy atom. The highest BCUT2D eigenvalue weighted by Crippen LogP contribution is 2.62. The summed E-state index contributed by atoms with van der Waals surface area (Å²) in [6, 6.07) is 58.4. The molecule has 8 aromatic rings. The molecule has 6 aromatic carbocycles. The monoisotopic (exact) mass is 640 g/mol. The molecule has 0 saturated carbocycles. The minimum atomic E-state index is -0.502. The first-order chi connectivity index (χ1) is 24.8. The van der Waals surface area contributed by atoms with Crippen molar-refractivity contribution in [3.8, 4) is 68.2 Å². The highest BCUT2D eigenvalue weighted by atomic mass is 16.5. The minimum absolute atomic E-state index is 0.502. The number of hydrogen-bond acceptors (Lipinski definition) is 5. The van der Waals surface area contributed by atoms with Gasteiger partial charge in [-0.3, -0.25) is 0 Å². The standard InChI is InChI=1S/C45H28N4O/c1-3-14-29(15-4-1)42-47-43(30-16-5-2-6-17-30)49-44(48-42)39-24-13-23-38(46-39)31-26-27-37-41(28-31)50-40-25-12-11-22-36(40)45(37)34-20-9-7-18-32(34)33-19-8-10-21-35(33)45/h1-28H. The molecule has 1 aliphatic heterocycles. The SMILES string of the molecule is c1ccc(-c2nc(-c3ccccc3)nc(-c3cccc(-c4ccc5c(c4)Oc4ccccc4C54c5ccccc5-c5ccccc54)n3)n2)cc1. The molecule has 0 atom stereocenters. The molecule has 0 unspecified atom stereocenters. The molecule has 3 heterocycles. The zero-order valence-corrected chi connectivity index (χ0v) is 26.9. The van der Waals surface area contributed by atoms with Crippen LogP contribution in [0.1, 0.15) is 22.3 Å². The topological polar surface area (TPSA) is 60.8 Å². The van der Waals surface area contributed by atoms with Crippen LogP contribution in [0.2, 0.25) is 0 Å². The number of para-hydroxylation sites is 1. The largest absolute Gasteiger partial charge is 0.457 e. The van der Waals surface area contributed by atoms with E-state index in [-0.39, 0.29) is 0 Å². The van der Waals surface area contributed by atoms with E-state index >= 15 is 0 Å². The molecule has 0 fully saturated rings. The predicted octanol–water partition coefficient (Wildman–Crippen LogP) is 10.4. The third-order valence-electron chi connectivity index (χ3n) is 9.82. The molecule has 0 N–H and O–H groups in total. The highest BCUT2D eigenvalue weighted by Gasteiger charge is 2.50. The van der Waals surface area contributed by atoms with Gasteiger partial charge in [0.15, 0.2) is 17.5 Å². The van der Waals surface area contributed by atoms with Crippen molar-refractivity contribution in [2.24, 2.45) is 0 Å². The van der Waals surface area contributed by atoms with Crippen LogP contribution in [0.15, 0.2) is 170 Å². The molecular formula is C45H28N4O. The minimum Gasteiger partial charge on any atom is -0.457 e. The van der Waals surface area contributed by atoms with Gasteiger partial charge in [0.05, 0.1) is 11.1 Å². The normalized spacial score (nSPS) is 13.1. The number of pyridine rings is 1. The van der Waals surface area contributed by atoms with Gasteiger partial charge in [-0.15, -0.1) is 0 Å². The molecule has 0 bridgehead atoms. The fraction of sp³-hybridized carbons (Fsp3) is 0.0222. The van der Waals surface area contributed by atoms with Crippen molar-refractivity contribution in [2.75, 3.05) is 0 Å². The number of aromatic nitrogens is 4. The van der Waals surface area contributed by atoms with Gasteiger partial charge in [-0.05, 0) is 46.5 Å². The molecule has 2 aliphatic rings. The fourth-order valence-electron chi connectivity index (χ4n) is 7.66. The molecule has 50 heavy (non-hydrogen) atoms. The number of benzene rings is 6. The average Bonchev–Trinajstić information content (AvgIpc) is 3.49. The number of ether oxygens (including phenoxy) is 1. The van der Waals surface area contributed by atoms with Crippen LogP contribution >= 0.6 is 0 Å². The molecule has 10 rings (SSSR count). The van der Waals surface area contributed by atoms with Gasteiger partial charge in [0.25, 0.3) is 0 Å². The van der Waals surface area contributed by atoms with Crippen LogP contribution < -0.4 is 4.74 Å². The van der Waals surface area contributed by atoms with Crippen molar-refractivity contribution in [1.29, 1.82) is 0 Å². The van der Waals surface area contributed by atoms with E-state index in [0.717, 1.165) is 45.0 Å². The summed E-state index contributed by atoms with van der Waals surface area (Å²) in [6.45, 7) is 0. The van der Waals surface area contributed by atoms with Gasteiger partial charge in [0.2, 0.25) is 0 Å². The van der Waals surface area contributed by atoms with E-state index in [4.69, 9.17) is 24.7 Å². The lowest BCUT2D eigenvalue weighted by molar-refractivity contribution is 0.436. The Morgan fingerprint density at radius 2 is 0.860 bits per heavy atom. The second-order valence-corrected chi connectivity index (χ2v) is 12.6. The van der Waals surface area contributed by atoms with E-state index in [1.165, 1.54) is 22.3 Å². The van der Waals surface area contributed by atoms with Crippen molar-refractivity contribution >= 4 is 0 Å². The highest BCUT2D eigenvalue weighted by molar-refractivity contribution is 5.89. The van der Waals surface area contributed by atoms with E-state index in [1.807, 2.05) is 84.9 Å². The van der Waals surface area contributed by atoms with Crippen molar-refractivity contribution < 1.29 is 4.74 Å². The first-order valence-electron chi connectivity index (χ1n) is 16.7. The number of fused-ring (bicyclic) bond motifs is 9. The lowest BCUT2D eigenvalue weighted by Crippen LogP contribution is -2.32. The van der Waals surface area contributed by atoms with Crippen LogP contribution in [-0.2, 0) is 5.41 Å². The summed E-state index contributed by atoms with van der Waals surface area (Å²) < 4.78 is 6.74. The molecule has 1 spiro atoms. The molecule has 5 heteroatoms. The first-order valence-corrected chi connectivity index (χ1v) is 16.7. The molecule has 5 nitrogen and oxygen atoms in total. The molecular weight excluding hydrogens is 613 g/mol. The number of rotatable bonds is 4. The van der Waals surface area contributed by atoms with Gasteiger partial charge in [-0.2, -0.15) is 0 Å². The summed E-state index contributed by atoms with van der Waals surface area (Å²) >= 11 is 0. The maximum Gasteiger partial charge on any atom is 0.182 e. The zero-order chi connectivity index (χ0) is 33.1. The maximum absolute atomic E-state index is 6.74. The van der Waals surface area contributed by atoms with Crippen LogP contribution in [0, 0.1) is 0 Å². The smallest absolute Gasteiger partial charge is 0.182 e. The van der Waals surface area contributed by atoms with Crippen molar-refractivity contribution in [3.63, 3.8) is 0 Å². The number of hydrogen-bond donors (Lipinski definition) is 0. The molecule has 1 aliphatic carbocycles. The molecule has 0 saturated heterocycles. The van der Waals surface area contributed by atoms with E-state index in [0.29, 0.717) is 23.2 Å². The van der Waals surface area contributed by atoms with Gasteiger partial charge in [-0.25, -0.2) is 19.9 Å². The summed E-state index contributed by atoms with van der Waals surface area (Å²) in [5.41, 5.74) is 11.1. The third kappa shape index (κ3) is 4.27. The Hall–Kier alpha value is -6.72. The lowest BCUT2D eigenvalue weighted by Gasteiger charge is -2.39. The van der Waals surface area contributed by atoms with Crippen LogP contribution in [0.25, 0.3) is 56.7 Å². The van der Waals surface area contributed by atoms with Gasteiger partial charge in [0.1, 0.15) is 17.2 Å². The van der Waals surface area contributed by atoms with Crippen molar-refractivity contribution in [1.82, 2.24) is 19.9 Å². The van der Waals surface area contributed by atoms with Gasteiger partial charge < -0.3 is 4.74 Å². The zero-order valence-electron chi connectivity index (χ0n) is 26.9. The average molecular weight is 641 g/mol. The summed E-state index contributed by atoms with van der Waals surface area (Å²) in [6.07, 6.45) is 0.